The van der Waals surface area contributed by atoms with E-state index in [1.54, 1.807) is 0 Å². The molecule has 5 rings (SSSR count). The molecule has 0 saturated carbocycles. The number of halogens is 1. The fourth-order valence-electron chi connectivity index (χ4n) is 4.29. The summed E-state index contributed by atoms with van der Waals surface area (Å²) >= 11 is 3.50. The van der Waals surface area contributed by atoms with E-state index in [0.717, 1.165) is 49.2 Å². The number of nitrogens with zero attached hydrogens (tertiary/aromatic N) is 1. The molecule has 30 heavy (non-hydrogen) atoms. The van der Waals surface area contributed by atoms with E-state index in [4.69, 9.17) is 9.47 Å². The second-order valence-corrected chi connectivity index (χ2v) is 8.99. The molecule has 154 valence electrons. The summed E-state index contributed by atoms with van der Waals surface area (Å²) in [6.07, 6.45) is 4.27. The van der Waals surface area contributed by atoms with Gasteiger partial charge in [0.2, 0.25) is 0 Å². The van der Waals surface area contributed by atoms with E-state index >= 15 is 0 Å². The average molecular weight is 464 g/mol. The molecule has 0 amide bonds. The Morgan fingerprint density at radius 2 is 1.63 bits per heavy atom. The molecule has 4 heteroatoms. The zero-order valence-corrected chi connectivity index (χ0v) is 18.6. The zero-order valence-electron chi connectivity index (χ0n) is 17.0. The molecule has 1 fully saturated rings. The third-order valence-electron chi connectivity index (χ3n) is 6.01. The summed E-state index contributed by atoms with van der Waals surface area (Å²) in [5.41, 5.74) is 6.54. The van der Waals surface area contributed by atoms with Gasteiger partial charge in [0.05, 0.1) is 6.61 Å². The van der Waals surface area contributed by atoms with Crippen LogP contribution in [-0.2, 0) is 17.7 Å². The van der Waals surface area contributed by atoms with Gasteiger partial charge in [-0.3, -0.25) is 0 Å². The minimum atomic E-state index is -0.0823. The van der Waals surface area contributed by atoms with Crippen LogP contribution in [0.4, 0.5) is 5.69 Å². The first kappa shape index (κ1) is 19.7. The summed E-state index contributed by atoms with van der Waals surface area (Å²) in [7, 11) is 0. The van der Waals surface area contributed by atoms with Gasteiger partial charge in [0.25, 0.3) is 0 Å². The summed E-state index contributed by atoms with van der Waals surface area (Å²) in [5, 5.41) is 0. The van der Waals surface area contributed by atoms with Gasteiger partial charge in [0, 0.05) is 29.7 Å². The SMILES string of the molecule is Brc1ccc(-c2ccc(N3CCc4cc(OC5CCCCO5)ccc4C3)cc2)cc1. The van der Waals surface area contributed by atoms with Gasteiger partial charge in [0.15, 0.2) is 6.29 Å². The van der Waals surface area contributed by atoms with Crippen LogP contribution in [0.1, 0.15) is 30.4 Å². The van der Waals surface area contributed by atoms with Crippen molar-refractivity contribution in [1.29, 1.82) is 0 Å². The van der Waals surface area contributed by atoms with Crippen LogP contribution in [0.15, 0.2) is 71.2 Å². The normalized spacial score (nSPS) is 18.7. The number of hydrogen-bond acceptors (Lipinski definition) is 3. The van der Waals surface area contributed by atoms with E-state index < -0.39 is 0 Å². The molecular weight excluding hydrogens is 438 g/mol. The molecule has 3 nitrogen and oxygen atoms in total. The first-order valence-corrected chi connectivity index (χ1v) is 11.5. The van der Waals surface area contributed by atoms with Crippen molar-refractivity contribution in [1.82, 2.24) is 0 Å². The van der Waals surface area contributed by atoms with Crippen LogP contribution in [0.5, 0.6) is 5.75 Å². The van der Waals surface area contributed by atoms with Crippen LogP contribution in [0.25, 0.3) is 11.1 Å². The molecule has 0 radical (unpaired) electrons. The smallest absolute Gasteiger partial charge is 0.199 e. The Morgan fingerprint density at radius 3 is 2.37 bits per heavy atom. The van der Waals surface area contributed by atoms with Crippen molar-refractivity contribution in [3.63, 3.8) is 0 Å². The average Bonchev–Trinajstić information content (AvgIpc) is 2.80. The highest BCUT2D eigenvalue weighted by molar-refractivity contribution is 9.10. The lowest BCUT2D eigenvalue weighted by Gasteiger charge is -2.31. The minimum Gasteiger partial charge on any atom is -0.465 e. The number of ether oxygens (including phenoxy) is 2. The van der Waals surface area contributed by atoms with Crippen molar-refractivity contribution < 1.29 is 9.47 Å². The fourth-order valence-corrected chi connectivity index (χ4v) is 4.55. The van der Waals surface area contributed by atoms with Crippen molar-refractivity contribution in [2.45, 2.75) is 38.5 Å². The summed E-state index contributed by atoms with van der Waals surface area (Å²) in [6, 6.07) is 23.9. The molecule has 2 heterocycles. The Labute approximate surface area is 186 Å². The molecule has 1 saturated heterocycles. The van der Waals surface area contributed by atoms with Gasteiger partial charge in [-0.1, -0.05) is 46.3 Å². The Kier molecular flexibility index (Phi) is 5.78. The lowest BCUT2D eigenvalue weighted by molar-refractivity contribution is -0.105. The van der Waals surface area contributed by atoms with Gasteiger partial charge in [0.1, 0.15) is 5.75 Å². The van der Waals surface area contributed by atoms with Crippen molar-refractivity contribution in [3.8, 4) is 16.9 Å². The van der Waals surface area contributed by atoms with Gasteiger partial charge < -0.3 is 14.4 Å². The molecule has 0 bridgehead atoms. The third-order valence-corrected chi connectivity index (χ3v) is 6.53. The van der Waals surface area contributed by atoms with Crippen LogP contribution in [-0.4, -0.2) is 19.4 Å². The highest BCUT2D eigenvalue weighted by atomic mass is 79.9. The van der Waals surface area contributed by atoms with Gasteiger partial charge in [-0.05, 0) is 77.9 Å². The molecule has 1 atom stereocenters. The van der Waals surface area contributed by atoms with E-state index in [9.17, 15) is 0 Å². The number of anilines is 1. The van der Waals surface area contributed by atoms with Crippen LogP contribution < -0.4 is 9.64 Å². The summed E-state index contributed by atoms with van der Waals surface area (Å²) in [6.45, 7) is 2.77. The second-order valence-electron chi connectivity index (χ2n) is 8.07. The molecule has 3 aromatic carbocycles. The van der Waals surface area contributed by atoms with Gasteiger partial charge in [-0.2, -0.15) is 0 Å². The van der Waals surface area contributed by atoms with Crippen LogP contribution in [0, 0.1) is 0 Å². The van der Waals surface area contributed by atoms with Crippen LogP contribution >= 0.6 is 15.9 Å². The summed E-state index contributed by atoms with van der Waals surface area (Å²) < 4.78 is 12.9. The highest BCUT2D eigenvalue weighted by Crippen LogP contribution is 2.30. The molecule has 2 aliphatic rings. The first-order valence-electron chi connectivity index (χ1n) is 10.8. The Morgan fingerprint density at radius 1 is 0.867 bits per heavy atom. The highest BCUT2D eigenvalue weighted by Gasteiger charge is 2.19. The van der Waals surface area contributed by atoms with Crippen molar-refractivity contribution in [2.24, 2.45) is 0 Å². The standard InChI is InChI=1S/C26H26BrNO2/c27-23-9-4-19(5-10-23)20-6-11-24(12-7-20)28-15-14-21-17-25(13-8-22(21)18-28)30-26-3-1-2-16-29-26/h4-13,17,26H,1-3,14-16,18H2. The lowest BCUT2D eigenvalue weighted by Crippen LogP contribution is -2.30. The quantitative estimate of drug-likeness (QED) is 0.435. The Hall–Kier alpha value is -2.30. The molecule has 0 spiro atoms. The van der Waals surface area contributed by atoms with E-state index in [1.807, 2.05) is 0 Å². The van der Waals surface area contributed by atoms with E-state index in [0.29, 0.717) is 0 Å². The van der Waals surface area contributed by atoms with Gasteiger partial charge >= 0.3 is 0 Å². The predicted octanol–water partition coefficient (Wildman–Crippen LogP) is 6.58. The van der Waals surface area contributed by atoms with Crippen molar-refractivity contribution >= 4 is 21.6 Å². The number of benzene rings is 3. The maximum atomic E-state index is 6.06. The Balaban J connectivity index is 1.26. The second kappa shape index (κ2) is 8.83. The fraction of sp³-hybridized carbons (Fsp3) is 0.308. The Bertz CT molecular complexity index is 995. The predicted molar refractivity (Wildman–Crippen MR) is 125 cm³/mol. The summed E-state index contributed by atoms with van der Waals surface area (Å²) in [5.74, 6) is 0.938. The van der Waals surface area contributed by atoms with Crippen LogP contribution in [0.2, 0.25) is 0 Å². The largest absolute Gasteiger partial charge is 0.465 e. The van der Waals surface area contributed by atoms with Crippen molar-refractivity contribution in [3.05, 3.63) is 82.3 Å². The number of rotatable bonds is 4. The minimum absolute atomic E-state index is 0.0823. The van der Waals surface area contributed by atoms with Gasteiger partial charge in [-0.25, -0.2) is 0 Å². The molecule has 2 aliphatic heterocycles. The maximum absolute atomic E-state index is 6.06. The molecule has 0 N–H and O–H groups in total. The van der Waals surface area contributed by atoms with Crippen LogP contribution in [0.3, 0.4) is 0 Å². The molecule has 0 aromatic heterocycles. The number of fused-ring (bicyclic) bond motifs is 1. The zero-order chi connectivity index (χ0) is 20.3. The van der Waals surface area contributed by atoms with Crippen molar-refractivity contribution in [2.75, 3.05) is 18.1 Å². The third kappa shape index (κ3) is 4.40. The molecule has 3 aromatic rings. The monoisotopic (exact) mass is 463 g/mol. The molecular formula is C26H26BrNO2. The maximum Gasteiger partial charge on any atom is 0.199 e. The molecule has 0 aliphatic carbocycles. The van der Waals surface area contributed by atoms with E-state index in [1.165, 1.54) is 34.4 Å². The summed E-state index contributed by atoms with van der Waals surface area (Å²) in [4.78, 5) is 2.46. The first-order chi connectivity index (χ1) is 14.7. The molecule has 1 unspecified atom stereocenters. The van der Waals surface area contributed by atoms with Gasteiger partial charge in [-0.15, -0.1) is 0 Å². The van der Waals surface area contributed by atoms with E-state index in [-0.39, 0.29) is 6.29 Å². The topological polar surface area (TPSA) is 21.7 Å². The lowest BCUT2D eigenvalue weighted by atomic mass is 9.98. The number of hydrogen-bond donors (Lipinski definition) is 0. The van der Waals surface area contributed by atoms with E-state index in [2.05, 4.69) is 87.6 Å².